The molecule has 0 saturated carbocycles. The van der Waals surface area contributed by atoms with Gasteiger partial charge in [-0.05, 0) is 23.1 Å². The van der Waals surface area contributed by atoms with Gasteiger partial charge in [0.2, 0.25) is 5.91 Å². The number of hydrogen-bond acceptors (Lipinski definition) is 4. The number of hydrogen-bond donors (Lipinski definition) is 2. The van der Waals surface area contributed by atoms with Crippen molar-refractivity contribution in [3.05, 3.63) is 88.2 Å². The number of nitrogens with two attached hydrogens (primary N) is 1. The molecule has 1 heterocycles. The smallest absolute Gasteiger partial charge is 0.267 e. The van der Waals surface area contributed by atoms with E-state index in [-0.39, 0.29) is 43.0 Å². The van der Waals surface area contributed by atoms with Gasteiger partial charge in [0.05, 0.1) is 5.69 Å². The molecular formula is C23H27ClN4O2. The number of rotatable bonds is 7. The Labute approximate surface area is 182 Å². The average molecular weight is 427 g/mol. The third kappa shape index (κ3) is 6.02. The number of amides is 1. The van der Waals surface area contributed by atoms with E-state index in [0.717, 1.165) is 11.1 Å². The number of nitrogens with one attached hydrogen (secondary N) is 1. The third-order valence-electron chi connectivity index (χ3n) is 4.78. The molecule has 0 aliphatic heterocycles. The van der Waals surface area contributed by atoms with Crippen LogP contribution in [0.5, 0.6) is 0 Å². The van der Waals surface area contributed by atoms with Gasteiger partial charge in [0.25, 0.3) is 5.56 Å². The second-order valence-electron chi connectivity index (χ2n) is 7.31. The number of aromatic nitrogens is 2. The van der Waals surface area contributed by atoms with Gasteiger partial charge < -0.3 is 11.1 Å². The molecule has 1 atom stereocenters. The van der Waals surface area contributed by atoms with E-state index in [1.54, 1.807) is 6.07 Å². The molecule has 7 heteroatoms. The maximum Gasteiger partial charge on any atom is 0.267 e. The molecule has 0 aliphatic rings. The first-order valence-electron chi connectivity index (χ1n) is 9.70. The van der Waals surface area contributed by atoms with Crippen LogP contribution in [0.2, 0.25) is 0 Å². The van der Waals surface area contributed by atoms with Crippen molar-refractivity contribution in [2.24, 2.45) is 5.73 Å². The van der Waals surface area contributed by atoms with Gasteiger partial charge in [-0.1, -0.05) is 68.4 Å². The standard InChI is InChI=1S/C23H26N4O2.ClH/c1-16(2)17-8-10-18(11-9-17)20(24)14-25-22(28)15-27-23(29)13-12-21(26-27)19-6-4-3-5-7-19;/h3-13,16,20H,14-15,24H2,1-2H3,(H,25,28);1H. The molecule has 6 nitrogen and oxygen atoms in total. The summed E-state index contributed by atoms with van der Waals surface area (Å²) in [6, 6.07) is 20.4. The van der Waals surface area contributed by atoms with Crippen LogP contribution in [-0.2, 0) is 11.3 Å². The summed E-state index contributed by atoms with van der Waals surface area (Å²) in [4.78, 5) is 24.4. The predicted molar refractivity (Wildman–Crippen MR) is 122 cm³/mol. The van der Waals surface area contributed by atoms with Gasteiger partial charge in [-0.15, -0.1) is 12.4 Å². The topological polar surface area (TPSA) is 90.0 Å². The van der Waals surface area contributed by atoms with E-state index >= 15 is 0 Å². The summed E-state index contributed by atoms with van der Waals surface area (Å²) in [6.07, 6.45) is 0. The monoisotopic (exact) mass is 426 g/mol. The Morgan fingerprint density at radius 2 is 1.63 bits per heavy atom. The van der Waals surface area contributed by atoms with E-state index in [0.29, 0.717) is 11.6 Å². The highest BCUT2D eigenvalue weighted by Crippen LogP contribution is 2.17. The van der Waals surface area contributed by atoms with E-state index in [2.05, 4.69) is 36.4 Å². The lowest BCUT2D eigenvalue weighted by Gasteiger charge is -2.15. The SMILES string of the molecule is CC(C)c1ccc(C(N)CNC(=O)Cn2nc(-c3ccccc3)ccc2=O)cc1.Cl. The highest BCUT2D eigenvalue weighted by Gasteiger charge is 2.11. The first-order chi connectivity index (χ1) is 13.9. The molecule has 1 unspecified atom stereocenters. The first kappa shape index (κ1) is 23.3. The molecule has 0 aliphatic carbocycles. The van der Waals surface area contributed by atoms with Crippen LogP contribution in [0.3, 0.4) is 0 Å². The van der Waals surface area contributed by atoms with Crippen LogP contribution < -0.4 is 16.6 Å². The number of carbonyl (C=O) groups excluding carboxylic acids is 1. The molecule has 2 aromatic carbocycles. The van der Waals surface area contributed by atoms with Gasteiger partial charge in [0.15, 0.2) is 0 Å². The lowest BCUT2D eigenvalue weighted by molar-refractivity contribution is -0.122. The molecule has 30 heavy (non-hydrogen) atoms. The second kappa shape index (κ2) is 10.7. The van der Waals surface area contributed by atoms with Crippen molar-refractivity contribution in [1.29, 1.82) is 0 Å². The minimum Gasteiger partial charge on any atom is -0.353 e. The highest BCUT2D eigenvalue weighted by atomic mass is 35.5. The summed E-state index contributed by atoms with van der Waals surface area (Å²) in [7, 11) is 0. The summed E-state index contributed by atoms with van der Waals surface area (Å²) in [5.41, 5.74) is 9.59. The van der Waals surface area contributed by atoms with Crippen LogP contribution in [0, 0.1) is 0 Å². The summed E-state index contributed by atoms with van der Waals surface area (Å²) in [6.45, 7) is 4.40. The van der Waals surface area contributed by atoms with Crippen molar-refractivity contribution in [3.8, 4) is 11.3 Å². The Balaban J connectivity index is 0.00000320. The van der Waals surface area contributed by atoms with Crippen molar-refractivity contribution in [2.75, 3.05) is 6.54 Å². The summed E-state index contributed by atoms with van der Waals surface area (Å²) < 4.78 is 1.17. The van der Waals surface area contributed by atoms with Crippen molar-refractivity contribution in [1.82, 2.24) is 15.1 Å². The molecule has 0 saturated heterocycles. The summed E-state index contributed by atoms with van der Waals surface area (Å²) in [5.74, 6) is 0.150. The molecule has 158 valence electrons. The molecule has 0 bridgehead atoms. The van der Waals surface area contributed by atoms with Crippen molar-refractivity contribution in [2.45, 2.75) is 32.4 Å². The molecule has 1 aromatic heterocycles. The Bertz CT molecular complexity index is 1020. The Kier molecular flexibility index (Phi) is 8.33. The maximum atomic E-state index is 12.3. The zero-order valence-electron chi connectivity index (χ0n) is 17.1. The van der Waals surface area contributed by atoms with E-state index in [4.69, 9.17) is 5.73 Å². The number of halogens is 1. The predicted octanol–water partition coefficient (Wildman–Crippen LogP) is 3.27. The fourth-order valence-corrected chi connectivity index (χ4v) is 2.99. The molecule has 0 radical (unpaired) electrons. The second-order valence-corrected chi connectivity index (χ2v) is 7.31. The van der Waals surface area contributed by atoms with Crippen LogP contribution in [0.1, 0.15) is 36.9 Å². The molecule has 1 amide bonds. The Morgan fingerprint density at radius 1 is 1.00 bits per heavy atom. The molecular weight excluding hydrogens is 400 g/mol. The van der Waals surface area contributed by atoms with Crippen molar-refractivity contribution < 1.29 is 4.79 Å². The Morgan fingerprint density at radius 3 is 2.27 bits per heavy atom. The zero-order chi connectivity index (χ0) is 20.8. The van der Waals surface area contributed by atoms with Gasteiger partial charge in [-0.3, -0.25) is 9.59 Å². The fraction of sp³-hybridized carbons (Fsp3) is 0.261. The van der Waals surface area contributed by atoms with E-state index in [9.17, 15) is 9.59 Å². The fourth-order valence-electron chi connectivity index (χ4n) is 2.99. The van der Waals surface area contributed by atoms with Gasteiger partial charge in [0.1, 0.15) is 6.54 Å². The van der Waals surface area contributed by atoms with Crippen LogP contribution in [0.25, 0.3) is 11.3 Å². The maximum absolute atomic E-state index is 12.3. The third-order valence-corrected chi connectivity index (χ3v) is 4.78. The quantitative estimate of drug-likeness (QED) is 0.606. The minimum absolute atomic E-state index is 0. The lowest BCUT2D eigenvalue weighted by atomic mass is 9.99. The molecule has 3 rings (SSSR count). The van der Waals surface area contributed by atoms with Gasteiger partial charge in [-0.2, -0.15) is 5.10 Å². The van der Waals surface area contributed by atoms with Gasteiger partial charge in [0, 0.05) is 24.2 Å². The lowest BCUT2D eigenvalue weighted by Crippen LogP contribution is -2.37. The normalized spacial score (nSPS) is 11.6. The van der Waals surface area contributed by atoms with E-state index < -0.39 is 0 Å². The van der Waals surface area contributed by atoms with E-state index in [1.807, 2.05) is 42.5 Å². The molecule has 3 N–H and O–H groups in total. The zero-order valence-corrected chi connectivity index (χ0v) is 17.9. The van der Waals surface area contributed by atoms with E-state index in [1.165, 1.54) is 16.3 Å². The van der Waals surface area contributed by atoms with Crippen LogP contribution in [0.15, 0.2) is 71.5 Å². The molecule has 3 aromatic rings. The van der Waals surface area contributed by atoms with Crippen LogP contribution in [-0.4, -0.2) is 22.2 Å². The van der Waals surface area contributed by atoms with Crippen molar-refractivity contribution in [3.63, 3.8) is 0 Å². The van der Waals surface area contributed by atoms with Crippen molar-refractivity contribution >= 4 is 18.3 Å². The van der Waals surface area contributed by atoms with Gasteiger partial charge in [-0.25, -0.2) is 4.68 Å². The highest BCUT2D eigenvalue weighted by molar-refractivity contribution is 5.85. The molecule has 0 spiro atoms. The molecule has 0 fully saturated rings. The van der Waals surface area contributed by atoms with Gasteiger partial charge >= 0.3 is 0 Å². The Hall–Kier alpha value is -2.96. The summed E-state index contributed by atoms with van der Waals surface area (Å²) in [5, 5.41) is 7.10. The van der Waals surface area contributed by atoms with Crippen LogP contribution >= 0.6 is 12.4 Å². The number of benzene rings is 2. The minimum atomic E-state index is -0.326. The first-order valence-corrected chi connectivity index (χ1v) is 9.70. The largest absolute Gasteiger partial charge is 0.353 e. The number of carbonyl (C=O) groups is 1. The number of nitrogens with zero attached hydrogens (tertiary/aromatic N) is 2. The van der Waals surface area contributed by atoms with Crippen LogP contribution in [0.4, 0.5) is 0 Å². The summed E-state index contributed by atoms with van der Waals surface area (Å²) >= 11 is 0. The average Bonchev–Trinajstić information content (AvgIpc) is 2.74.